The number of halogens is 1. The highest BCUT2D eigenvalue weighted by atomic mass is 19.1. The molecule has 2 rings (SSSR count). The van der Waals surface area contributed by atoms with Crippen LogP contribution in [-0.2, 0) is 4.74 Å². The molecule has 0 aromatic heterocycles. The van der Waals surface area contributed by atoms with Crippen LogP contribution in [0, 0.1) is 12.7 Å². The van der Waals surface area contributed by atoms with Gasteiger partial charge in [0, 0.05) is 19.1 Å². The first kappa shape index (κ1) is 15.4. The van der Waals surface area contributed by atoms with Crippen molar-refractivity contribution in [2.75, 3.05) is 26.7 Å². The Morgan fingerprint density at radius 1 is 1.40 bits per heavy atom. The first-order valence-corrected chi connectivity index (χ1v) is 7.32. The minimum atomic E-state index is -0.186. The van der Waals surface area contributed by atoms with Gasteiger partial charge < -0.3 is 10.1 Å². The van der Waals surface area contributed by atoms with E-state index in [0.717, 1.165) is 30.8 Å². The van der Waals surface area contributed by atoms with Crippen LogP contribution in [0.2, 0.25) is 0 Å². The van der Waals surface area contributed by atoms with Gasteiger partial charge in [0.25, 0.3) is 0 Å². The fraction of sp³-hybridized carbons (Fsp3) is 0.625. The van der Waals surface area contributed by atoms with Gasteiger partial charge in [0.05, 0.1) is 18.8 Å². The molecular formula is C16H25FN2O. The molecule has 20 heavy (non-hydrogen) atoms. The number of benzene rings is 1. The van der Waals surface area contributed by atoms with Gasteiger partial charge in [-0.05, 0) is 51.1 Å². The summed E-state index contributed by atoms with van der Waals surface area (Å²) in [6.07, 6.45) is 0.0975. The minimum Gasteiger partial charge on any atom is -0.374 e. The zero-order valence-electron chi connectivity index (χ0n) is 12.8. The molecule has 1 aromatic carbocycles. The Balaban J connectivity index is 2.19. The fourth-order valence-corrected chi connectivity index (χ4v) is 2.90. The summed E-state index contributed by atoms with van der Waals surface area (Å²) >= 11 is 0. The smallest absolute Gasteiger partial charge is 0.123 e. The minimum absolute atomic E-state index is 0.0946. The molecule has 1 heterocycles. The molecule has 112 valence electrons. The number of hydrogen-bond donors (Lipinski definition) is 1. The van der Waals surface area contributed by atoms with Gasteiger partial charge >= 0.3 is 0 Å². The normalized spacial score (nSPS) is 22.2. The molecule has 4 heteroatoms. The van der Waals surface area contributed by atoms with E-state index in [-0.39, 0.29) is 18.0 Å². The molecule has 3 nitrogen and oxygen atoms in total. The van der Waals surface area contributed by atoms with Crippen LogP contribution >= 0.6 is 0 Å². The Kier molecular flexibility index (Phi) is 5.13. The zero-order chi connectivity index (χ0) is 14.7. The monoisotopic (exact) mass is 280 g/mol. The van der Waals surface area contributed by atoms with Crippen molar-refractivity contribution in [1.82, 2.24) is 10.2 Å². The van der Waals surface area contributed by atoms with Crippen LogP contribution < -0.4 is 5.32 Å². The van der Waals surface area contributed by atoms with E-state index in [9.17, 15) is 4.39 Å². The van der Waals surface area contributed by atoms with Crippen molar-refractivity contribution in [2.45, 2.75) is 39.0 Å². The predicted octanol–water partition coefficient (Wildman–Crippen LogP) is 2.50. The zero-order valence-corrected chi connectivity index (χ0v) is 12.8. The van der Waals surface area contributed by atoms with Crippen LogP contribution in [0.5, 0.6) is 0 Å². The first-order chi connectivity index (χ1) is 9.52. The molecule has 0 amide bonds. The second-order valence-electron chi connectivity index (χ2n) is 5.77. The molecule has 1 aliphatic heterocycles. The number of ether oxygens (including phenoxy) is 1. The van der Waals surface area contributed by atoms with Crippen molar-refractivity contribution in [1.29, 1.82) is 0 Å². The van der Waals surface area contributed by atoms with E-state index in [1.54, 1.807) is 6.07 Å². The molecule has 1 aliphatic rings. The highest BCUT2D eigenvalue weighted by Crippen LogP contribution is 2.26. The number of rotatable bonds is 4. The van der Waals surface area contributed by atoms with Crippen molar-refractivity contribution in [3.05, 3.63) is 35.1 Å². The molecule has 1 N–H and O–H groups in total. The van der Waals surface area contributed by atoms with Crippen LogP contribution in [0.3, 0.4) is 0 Å². The van der Waals surface area contributed by atoms with E-state index in [2.05, 4.69) is 24.1 Å². The highest BCUT2D eigenvalue weighted by molar-refractivity contribution is 5.30. The largest absolute Gasteiger partial charge is 0.374 e. The Hall–Kier alpha value is -0.970. The van der Waals surface area contributed by atoms with Crippen LogP contribution in [0.1, 0.15) is 31.0 Å². The van der Waals surface area contributed by atoms with E-state index in [4.69, 9.17) is 4.74 Å². The molecule has 0 aliphatic carbocycles. The van der Waals surface area contributed by atoms with Crippen LogP contribution in [0.15, 0.2) is 18.2 Å². The quantitative estimate of drug-likeness (QED) is 0.917. The molecular weight excluding hydrogens is 255 g/mol. The topological polar surface area (TPSA) is 24.5 Å². The van der Waals surface area contributed by atoms with Crippen molar-refractivity contribution in [3.63, 3.8) is 0 Å². The van der Waals surface area contributed by atoms with Gasteiger partial charge in [-0.25, -0.2) is 4.39 Å². The van der Waals surface area contributed by atoms with E-state index >= 15 is 0 Å². The standard InChI is InChI=1S/C16H25FN2O/c1-11(2)19-7-8-20-15(10-19)16(18-4)14-6-5-13(17)9-12(14)3/h5-6,9,11,15-16,18H,7-8,10H2,1-4H3. The van der Waals surface area contributed by atoms with Crippen LogP contribution in [-0.4, -0.2) is 43.8 Å². The highest BCUT2D eigenvalue weighted by Gasteiger charge is 2.30. The Morgan fingerprint density at radius 2 is 2.15 bits per heavy atom. The maximum Gasteiger partial charge on any atom is 0.123 e. The first-order valence-electron chi connectivity index (χ1n) is 7.32. The molecule has 0 bridgehead atoms. The number of morpholine rings is 1. The van der Waals surface area contributed by atoms with Crippen molar-refractivity contribution >= 4 is 0 Å². The molecule has 0 saturated carbocycles. The SMILES string of the molecule is CNC(c1ccc(F)cc1C)C1CN(C(C)C)CCO1. The van der Waals surface area contributed by atoms with Crippen molar-refractivity contribution in [3.8, 4) is 0 Å². The summed E-state index contributed by atoms with van der Waals surface area (Å²) in [7, 11) is 1.94. The van der Waals surface area contributed by atoms with Gasteiger partial charge in [0.15, 0.2) is 0 Å². The summed E-state index contributed by atoms with van der Waals surface area (Å²) in [5.41, 5.74) is 2.08. The average molecular weight is 280 g/mol. The third-order valence-electron chi connectivity index (χ3n) is 4.10. The Bertz CT molecular complexity index is 450. The summed E-state index contributed by atoms with van der Waals surface area (Å²) in [6, 6.07) is 5.59. The molecule has 1 saturated heterocycles. The van der Waals surface area contributed by atoms with Gasteiger partial charge in [-0.3, -0.25) is 4.90 Å². The maximum absolute atomic E-state index is 13.3. The lowest BCUT2D eigenvalue weighted by molar-refractivity contribution is -0.0551. The van der Waals surface area contributed by atoms with Crippen LogP contribution in [0.4, 0.5) is 4.39 Å². The van der Waals surface area contributed by atoms with Crippen LogP contribution in [0.25, 0.3) is 0 Å². The summed E-state index contributed by atoms with van der Waals surface area (Å²) in [5, 5.41) is 3.33. The van der Waals surface area contributed by atoms with Crippen molar-refractivity contribution in [2.24, 2.45) is 0 Å². The van der Waals surface area contributed by atoms with Gasteiger partial charge in [0.2, 0.25) is 0 Å². The second-order valence-corrected chi connectivity index (χ2v) is 5.77. The van der Waals surface area contributed by atoms with Gasteiger partial charge in [0.1, 0.15) is 5.82 Å². The predicted molar refractivity (Wildman–Crippen MR) is 79.4 cm³/mol. The Morgan fingerprint density at radius 3 is 2.75 bits per heavy atom. The summed E-state index contributed by atoms with van der Waals surface area (Å²) < 4.78 is 19.2. The van der Waals surface area contributed by atoms with Crippen molar-refractivity contribution < 1.29 is 9.13 Å². The summed E-state index contributed by atoms with van der Waals surface area (Å²) in [6.45, 7) is 9.00. The molecule has 0 radical (unpaired) electrons. The maximum atomic E-state index is 13.3. The lowest BCUT2D eigenvalue weighted by Crippen LogP contribution is -2.50. The molecule has 1 aromatic rings. The van der Waals surface area contributed by atoms with Gasteiger partial charge in [-0.1, -0.05) is 6.07 Å². The van der Waals surface area contributed by atoms with E-state index in [0.29, 0.717) is 6.04 Å². The van der Waals surface area contributed by atoms with Gasteiger partial charge in [-0.15, -0.1) is 0 Å². The van der Waals surface area contributed by atoms with Gasteiger partial charge in [-0.2, -0.15) is 0 Å². The second kappa shape index (κ2) is 6.66. The summed E-state index contributed by atoms with van der Waals surface area (Å²) in [4.78, 5) is 2.43. The number of nitrogens with zero attached hydrogens (tertiary/aromatic N) is 1. The fourth-order valence-electron chi connectivity index (χ4n) is 2.90. The summed E-state index contributed by atoms with van der Waals surface area (Å²) in [5.74, 6) is -0.186. The van der Waals surface area contributed by atoms with E-state index < -0.39 is 0 Å². The van der Waals surface area contributed by atoms with E-state index in [1.165, 1.54) is 6.07 Å². The van der Waals surface area contributed by atoms with E-state index in [1.807, 2.05) is 20.0 Å². The third-order valence-corrected chi connectivity index (χ3v) is 4.10. The number of nitrogens with one attached hydrogen (secondary N) is 1. The lowest BCUT2D eigenvalue weighted by Gasteiger charge is -2.39. The average Bonchev–Trinajstić information content (AvgIpc) is 2.42. The molecule has 2 unspecified atom stereocenters. The molecule has 2 atom stereocenters. The number of hydrogen-bond acceptors (Lipinski definition) is 3. The lowest BCUT2D eigenvalue weighted by atomic mass is 9.95. The molecule has 1 fully saturated rings. The molecule has 0 spiro atoms. The number of likely N-dealkylation sites (N-methyl/N-ethyl adjacent to an activating group) is 1. The number of aryl methyl sites for hydroxylation is 1. The Labute approximate surface area is 121 Å². The third kappa shape index (κ3) is 3.37.